The van der Waals surface area contributed by atoms with Crippen LogP contribution < -0.4 is 5.32 Å². The van der Waals surface area contributed by atoms with E-state index in [0.717, 1.165) is 31.2 Å². The van der Waals surface area contributed by atoms with E-state index in [1.165, 1.54) is 0 Å². The van der Waals surface area contributed by atoms with Crippen LogP contribution in [0.2, 0.25) is 0 Å². The maximum Gasteiger partial charge on any atom is 0.198 e. The van der Waals surface area contributed by atoms with Crippen LogP contribution in [-0.2, 0) is 0 Å². The molecule has 0 amide bonds. The summed E-state index contributed by atoms with van der Waals surface area (Å²) in [4.78, 5) is 6.46. The standard InChI is InChI=1S/C11H15N3O/c1-14-7-3-6-12-11(14)13-9-4-2-5-10(15)8-9/h2,4-5,8,15H,3,6-7H2,1H3,(H,12,13). The number of phenolic OH excluding ortho intramolecular Hbond substituents is 1. The molecule has 4 nitrogen and oxygen atoms in total. The van der Waals surface area contributed by atoms with Gasteiger partial charge in [0.05, 0.1) is 0 Å². The Kier molecular flexibility index (Phi) is 2.76. The van der Waals surface area contributed by atoms with Gasteiger partial charge in [-0.3, -0.25) is 4.99 Å². The molecule has 80 valence electrons. The molecular formula is C11H15N3O. The third-order valence-electron chi connectivity index (χ3n) is 2.38. The fourth-order valence-electron chi connectivity index (χ4n) is 1.57. The summed E-state index contributed by atoms with van der Waals surface area (Å²) in [5, 5.41) is 12.5. The van der Waals surface area contributed by atoms with E-state index in [-0.39, 0.29) is 5.75 Å². The highest BCUT2D eigenvalue weighted by atomic mass is 16.3. The van der Waals surface area contributed by atoms with Gasteiger partial charge in [-0.05, 0) is 18.6 Å². The molecule has 15 heavy (non-hydrogen) atoms. The van der Waals surface area contributed by atoms with Gasteiger partial charge in [-0.15, -0.1) is 0 Å². The number of aromatic hydroxyl groups is 1. The largest absolute Gasteiger partial charge is 0.508 e. The predicted octanol–water partition coefficient (Wildman–Crippen LogP) is 1.50. The molecule has 0 fully saturated rings. The normalized spacial score (nSPS) is 16.1. The lowest BCUT2D eigenvalue weighted by Crippen LogP contribution is -2.37. The second-order valence-electron chi connectivity index (χ2n) is 3.66. The lowest BCUT2D eigenvalue weighted by atomic mass is 10.3. The van der Waals surface area contributed by atoms with E-state index in [9.17, 15) is 5.11 Å². The summed E-state index contributed by atoms with van der Waals surface area (Å²) in [6.45, 7) is 1.89. The molecular weight excluding hydrogens is 190 g/mol. The van der Waals surface area contributed by atoms with Crippen LogP contribution in [0.3, 0.4) is 0 Å². The predicted molar refractivity (Wildman–Crippen MR) is 61.3 cm³/mol. The average molecular weight is 205 g/mol. The molecule has 2 N–H and O–H groups in total. The van der Waals surface area contributed by atoms with E-state index < -0.39 is 0 Å². The van der Waals surface area contributed by atoms with Gasteiger partial charge >= 0.3 is 0 Å². The summed E-state index contributed by atoms with van der Waals surface area (Å²) in [6, 6.07) is 7.05. The van der Waals surface area contributed by atoms with Gasteiger partial charge in [0.25, 0.3) is 0 Å². The number of nitrogens with zero attached hydrogens (tertiary/aromatic N) is 2. The van der Waals surface area contributed by atoms with Crippen molar-refractivity contribution in [1.29, 1.82) is 0 Å². The average Bonchev–Trinajstić information content (AvgIpc) is 2.22. The number of benzene rings is 1. The summed E-state index contributed by atoms with van der Waals surface area (Å²) in [5.41, 5.74) is 0.863. The van der Waals surface area contributed by atoms with Crippen molar-refractivity contribution in [1.82, 2.24) is 4.90 Å². The first kappa shape index (κ1) is 9.83. The van der Waals surface area contributed by atoms with Crippen molar-refractivity contribution < 1.29 is 5.11 Å². The zero-order chi connectivity index (χ0) is 10.7. The highest BCUT2D eigenvalue weighted by Gasteiger charge is 2.10. The number of aliphatic imine (C=N–C) groups is 1. The summed E-state index contributed by atoms with van der Waals surface area (Å²) >= 11 is 0. The maximum atomic E-state index is 9.31. The van der Waals surface area contributed by atoms with E-state index >= 15 is 0 Å². The van der Waals surface area contributed by atoms with Crippen LogP contribution in [0.25, 0.3) is 0 Å². The lowest BCUT2D eigenvalue weighted by Gasteiger charge is -2.25. The zero-order valence-electron chi connectivity index (χ0n) is 8.77. The molecule has 0 radical (unpaired) electrons. The number of guanidine groups is 1. The lowest BCUT2D eigenvalue weighted by molar-refractivity contribution is 0.465. The third kappa shape index (κ3) is 2.40. The molecule has 1 aliphatic heterocycles. The summed E-state index contributed by atoms with van der Waals surface area (Å²) in [5.74, 6) is 1.13. The second kappa shape index (κ2) is 4.21. The third-order valence-corrected chi connectivity index (χ3v) is 2.38. The molecule has 0 unspecified atom stereocenters. The topological polar surface area (TPSA) is 47.9 Å². The van der Waals surface area contributed by atoms with Crippen molar-refractivity contribution >= 4 is 11.6 Å². The highest BCUT2D eigenvalue weighted by Crippen LogP contribution is 2.16. The van der Waals surface area contributed by atoms with Gasteiger partial charge in [-0.2, -0.15) is 0 Å². The number of phenols is 1. The zero-order valence-corrected chi connectivity index (χ0v) is 8.77. The Morgan fingerprint density at radius 1 is 1.47 bits per heavy atom. The van der Waals surface area contributed by atoms with Gasteiger partial charge in [0.2, 0.25) is 0 Å². The Labute approximate surface area is 89.2 Å². The van der Waals surface area contributed by atoms with E-state index in [2.05, 4.69) is 15.2 Å². The van der Waals surface area contributed by atoms with Crippen LogP contribution in [0.5, 0.6) is 5.75 Å². The van der Waals surface area contributed by atoms with Gasteiger partial charge < -0.3 is 15.3 Å². The maximum absolute atomic E-state index is 9.31. The van der Waals surface area contributed by atoms with Gasteiger partial charge in [-0.1, -0.05) is 6.07 Å². The number of hydrogen-bond acceptors (Lipinski definition) is 4. The van der Waals surface area contributed by atoms with E-state index in [4.69, 9.17) is 0 Å². The van der Waals surface area contributed by atoms with Crippen LogP contribution in [0.1, 0.15) is 6.42 Å². The fourth-order valence-corrected chi connectivity index (χ4v) is 1.57. The minimum Gasteiger partial charge on any atom is -0.508 e. The summed E-state index contributed by atoms with van der Waals surface area (Å²) in [6.07, 6.45) is 1.10. The quantitative estimate of drug-likeness (QED) is 0.730. The Morgan fingerprint density at radius 3 is 3.07 bits per heavy atom. The van der Waals surface area contributed by atoms with Crippen LogP contribution >= 0.6 is 0 Å². The number of hydrogen-bond donors (Lipinski definition) is 2. The van der Waals surface area contributed by atoms with Crippen LogP contribution in [0, 0.1) is 0 Å². The highest BCUT2D eigenvalue weighted by molar-refractivity contribution is 5.93. The smallest absolute Gasteiger partial charge is 0.198 e. The molecule has 0 spiro atoms. The minimum atomic E-state index is 0.263. The molecule has 0 saturated carbocycles. The Morgan fingerprint density at radius 2 is 2.33 bits per heavy atom. The number of nitrogens with one attached hydrogen (secondary N) is 1. The first-order chi connectivity index (χ1) is 7.25. The fraction of sp³-hybridized carbons (Fsp3) is 0.364. The van der Waals surface area contributed by atoms with Gasteiger partial charge in [0.15, 0.2) is 5.96 Å². The second-order valence-corrected chi connectivity index (χ2v) is 3.66. The van der Waals surface area contributed by atoms with Crippen molar-refractivity contribution in [3.8, 4) is 5.75 Å². The summed E-state index contributed by atoms with van der Waals surface area (Å²) < 4.78 is 0. The number of rotatable bonds is 1. The van der Waals surface area contributed by atoms with Crippen molar-refractivity contribution in [2.45, 2.75) is 6.42 Å². The molecule has 0 aromatic heterocycles. The molecule has 1 aromatic rings. The molecule has 4 heteroatoms. The number of anilines is 1. The van der Waals surface area contributed by atoms with Gasteiger partial charge in [-0.25, -0.2) is 0 Å². The van der Waals surface area contributed by atoms with Crippen LogP contribution in [-0.4, -0.2) is 36.1 Å². The van der Waals surface area contributed by atoms with Crippen molar-refractivity contribution in [3.05, 3.63) is 24.3 Å². The molecule has 0 atom stereocenters. The molecule has 0 aliphatic carbocycles. The Bertz CT molecular complexity index is 376. The molecule has 1 heterocycles. The molecule has 0 saturated heterocycles. The Hall–Kier alpha value is -1.71. The van der Waals surface area contributed by atoms with E-state index in [1.807, 2.05) is 13.1 Å². The molecule has 2 rings (SSSR count). The first-order valence-corrected chi connectivity index (χ1v) is 5.07. The SMILES string of the molecule is CN1CCCN=C1Nc1cccc(O)c1. The van der Waals surface area contributed by atoms with E-state index in [0.29, 0.717) is 0 Å². The Balaban J connectivity index is 2.11. The van der Waals surface area contributed by atoms with Gasteiger partial charge in [0.1, 0.15) is 5.75 Å². The molecule has 1 aliphatic rings. The van der Waals surface area contributed by atoms with Crippen molar-refractivity contribution in [2.24, 2.45) is 4.99 Å². The monoisotopic (exact) mass is 205 g/mol. The minimum absolute atomic E-state index is 0.263. The van der Waals surface area contributed by atoms with Crippen molar-refractivity contribution in [3.63, 3.8) is 0 Å². The van der Waals surface area contributed by atoms with Crippen LogP contribution in [0.4, 0.5) is 5.69 Å². The molecule has 0 bridgehead atoms. The van der Waals surface area contributed by atoms with Crippen LogP contribution in [0.15, 0.2) is 29.3 Å². The first-order valence-electron chi connectivity index (χ1n) is 5.07. The molecule has 1 aromatic carbocycles. The van der Waals surface area contributed by atoms with Crippen molar-refractivity contribution in [2.75, 3.05) is 25.5 Å². The summed E-state index contributed by atoms with van der Waals surface area (Å²) in [7, 11) is 2.01. The van der Waals surface area contributed by atoms with Gasteiger partial charge in [0, 0.05) is 31.9 Å². The van der Waals surface area contributed by atoms with E-state index in [1.54, 1.807) is 18.2 Å².